The topological polar surface area (TPSA) is 53.9 Å². The number of quaternary nitrogens is 1. The van der Waals surface area contributed by atoms with E-state index in [9.17, 15) is 9.59 Å². The Kier molecular flexibility index (Phi) is 5.36. The Bertz CT molecular complexity index is 540. The highest BCUT2D eigenvalue weighted by Gasteiger charge is 2.23. The van der Waals surface area contributed by atoms with Crippen LogP contribution in [0.2, 0.25) is 0 Å². The van der Waals surface area contributed by atoms with Crippen LogP contribution in [0.15, 0.2) is 22.7 Å². The van der Waals surface area contributed by atoms with E-state index in [1.807, 2.05) is 30.0 Å². The van der Waals surface area contributed by atoms with Gasteiger partial charge in [-0.05, 0) is 40.5 Å². The van der Waals surface area contributed by atoms with Gasteiger partial charge in [-0.1, -0.05) is 6.07 Å². The van der Waals surface area contributed by atoms with Gasteiger partial charge in [-0.25, -0.2) is 0 Å². The first-order valence-electron chi connectivity index (χ1n) is 7.11. The molecule has 0 bridgehead atoms. The lowest BCUT2D eigenvalue weighted by Crippen LogP contribution is -3.15. The number of anilines is 1. The van der Waals surface area contributed by atoms with Crippen molar-refractivity contribution >= 4 is 33.4 Å². The molecule has 1 aromatic rings. The second kappa shape index (κ2) is 7.04. The number of halogens is 1. The zero-order chi connectivity index (χ0) is 15.4. The summed E-state index contributed by atoms with van der Waals surface area (Å²) in [5, 5.41) is 2.93. The van der Waals surface area contributed by atoms with Crippen molar-refractivity contribution in [3.8, 4) is 0 Å². The van der Waals surface area contributed by atoms with E-state index in [2.05, 4.69) is 21.2 Å². The molecule has 114 valence electrons. The highest BCUT2D eigenvalue weighted by molar-refractivity contribution is 9.10. The predicted octanol–water partition coefficient (Wildman–Crippen LogP) is 0.443. The third-order valence-electron chi connectivity index (χ3n) is 3.73. The number of carbonyl (C=O) groups excluding carboxylic acids is 2. The van der Waals surface area contributed by atoms with Crippen LogP contribution in [0, 0.1) is 6.92 Å². The molecule has 2 amide bonds. The van der Waals surface area contributed by atoms with Crippen molar-refractivity contribution in [1.29, 1.82) is 0 Å². The van der Waals surface area contributed by atoms with E-state index in [1.165, 1.54) is 4.90 Å². The van der Waals surface area contributed by atoms with Crippen LogP contribution < -0.4 is 10.2 Å². The smallest absolute Gasteiger partial charge is 0.279 e. The molecule has 1 saturated heterocycles. The van der Waals surface area contributed by atoms with Gasteiger partial charge in [0.1, 0.15) is 0 Å². The summed E-state index contributed by atoms with van der Waals surface area (Å²) in [4.78, 5) is 26.4. The second-order valence-electron chi connectivity index (χ2n) is 5.46. The van der Waals surface area contributed by atoms with Gasteiger partial charge in [0.25, 0.3) is 5.91 Å². The van der Waals surface area contributed by atoms with Gasteiger partial charge in [0.05, 0.1) is 31.9 Å². The van der Waals surface area contributed by atoms with E-state index in [1.54, 1.807) is 6.92 Å². The highest BCUT2D eigenvalue weighted by atomic mass is 79.9. The third kappa shape index (κ3) is 4.54. The fourth-order valence-corrected chi connectivity index (χ4v) is 3.05. The van der Waals surface area contributed by atoms with E-state index in [4.69, 9.17) is 0 Å². The Hall–Kier alpha value is -1.40. The number of hydrogen-bond donors (Lipinski definition) is 2. The molecule has 1 heterocycles. The summed E-state index contributed by atoms with van der Waals surface area (Å²) in [6.07, 6.45) is 0. The van der Waals surface area contributed by atoms with E-state index in [0.29, 0.717) is 6.54 Å². The normalized spacial score (nSPS) is 15.9. The molecule has 0 unspecified atom stereocenters. The average Bonchev–Trinajstić information content (AvgIpc) is 2.42. The SMILES string of the molecule is CC(=O)N1CC[NH+](CC(=O)Nc2ccc(C)cc2Br)CC1. The summed E-state index contributed by atoms with van der Waals surface area (Å²) < 4.78 is 0.896. The average molecular weight is 355 g/mol. The fraction of sp³-hybridized carbons (Fsp3) is 0.467. The second-order valence-corrected chi connectivity index (χ2v) is 6.32. The van der Waals surface area contributed by atoms with Gasteiger partial charge in [0.15, 0.2) is 6.54 Å². The molecule has 1 aliphatic heterocycles. The van der Waals surface area contributed by atoms with E-state index in [-0.39, 0.29) is 11.8 Å². The summed E-state index contributed by atoms with van der Waals surface area (Å²) in [5.41, 5.74) is 1.94. The van der Waals surface area contributed by atoms with Gasteiger partial charge in [-0.2, -0.15) is 0 Å². The van der Waals surface area contributed by atoms with Crippen LogP contribution in [0.25, 0.3) is 0 Å². The van der Waals surface area contributed by atoms with Crippen LogP contribution in [-0.2, 0) is 9.59 Å². The van der Waals surface area contributed by atoms with Crippen LogP contribution in [0.4, 0.5) is 5.69 Å². The number of rotatable bonds is 3. The number of nitrogens with one attached hydrogen (secondary N) is 2. The number of nitrogens with zero attached hydrogens (tertiary/aromatic N) is 1. The van der Waals surface area contributed by atoms with Crippen LogP contribution in [0.3, 0.4) is 0 Å². The van der Waals surface area contributed by atoms with Crippen molar-refractivity contribution in [3.63, 3.8) is 0 Å². The molecule has 1 aliphatic rings. The molecule has 0 radical (unpaired) electrons. The van der Waals surface area contributed by atoms with Gasteiger partial charge in [0, 0.05) is 11.4 Å². The minimum atomic E-state index is 0.00540. The molecule has 1 fully saturated rings. The number of hydrogen-bond acceptors (Lipinski definition) is 2. The van der Waals surface area contributed by atoms with Crippen molar-refractivity contribution < 1.29 is 14.5 Å². The zero-order valence-corrected chi connectivity index (χ0v) is 14.0. The van der Waals surface area contributed by atoms with Gasteiger partial charge in [-0.15, -0.1) is 0 Å². The van der Waals surface area contributed by atoms with Gasteiger partial charge >= 0.3 is 0 Å². The number of aryl methyl sites for hydroxylation is 1. The minimum Gasteiger partial charge on any atom is -0.332 e. The number of piperazine rings is 1. The molecular formula is C15H21BrN3O2+. The molecule has 0 aromatic heterocycles. The first-order valence-corrected chi connectivity index (χ1v) is 7.90. The maximum Gasteiger partial charge on any atom is 0.279 e. The molecule has 6 heteroatoms. The summed E-state index contributed by atoms with van der Waals surface area (Å²) in [7, 11) is 0. The molecule has 0 saturated carbocycles. The lowest BCUT2D eigenvalue weighted by atomic mass is 10.2. The number of carbonyl (C=O) groups is 2. The van der Waals surface area contributed by atoms with Crippen molar-refractivity contribution in [1.82, 2.24) is 4.90 Å². The Morgan fingerprint density at radius 1 is 1.33 bits per heavy atom. The van der Waals surface area contributed by atoms with E-state index < -0.39 is 0 Å². The lowest BCUT2D eigenvalue weighted by Gasteiger charge is -2.31. The number of amides is 2. The molecule has 5 nitrogen and oxygen atoms in total. The summed E-state index contributed by atoms with van der Waals surface area (Å²) in [5.74, 6) is 0.118. The molecule has 1 aromatic carbocycles. The molecule has 2 rings (SSSR count). The molecule has 2 N–H and O–H groups in total. The maximum atomic E-state index is 12.1. The Morgan fingerprint density at radius 3 is 2.57 bits per heavy atom. The highest BCUT2D eigenvalue weighted by Crippen LogP contribution is 2.22. The van der Waals surface area contributed by atoms with E-state index in [0.717, 1.165) is 41.9 Å². The first-order chi connectivity index (χ1) is 9.95. The number of benzene rings is 1. The molecular weight excluding hydrogens is 334 g/mol. The molecule has 0 spiro atoms. The molecule has 21 heavy (non-hydrogen) atoms. The van der Waals surface area contributed by atoms with Crippen LogP contribution in [-0.4, -0.2) is 49.4 Å². The van der Waals surface area contributed by atoms with Crippen molar-refractivity contribution in [3.05, 3.63) is 28.2 Å². The van der Waals surface area contributed by atoms with Crippen molar-refractivity contribution in [2.45, 2.75) is 13.8 Å². The van der Waals surface area contributed by atoms with Gasteiger partial charge in [-0.3, -0.25) is 9.59 Å². The van der Waals surface area contributed by atoms with Gasteiger partial charge in [0.2, 0.25) is 5.91 Å². The lowest BCUT2D eigenvalue weighted by molar-refractivity contribution is -0.895. The fourth-order valence-electron chi connectivity index (χ4n) is 2.46. The monoisotopic (exact) mass is 354 g/mol. The Labute approximate surface area is 133 Å². The largest absolute Gasteiger partial charge is 0.332 e. The third-order valence-corrected chi connectivity index (χ3v) is 4.38. The first kappa shape index (κ1) is 16.0. The predicted molar refractivity (Wildman–Crippen MR) is 85.3 cm³/mol. The van der Waals surface area contributed by atoms with Crippen LogP contribution in [0.5, 0.6) is 0 Å². The minimum absolute atomic E-state index is 0.00540. The van der Waals surface area contributed by atoms with Crippen molar-refractivity contribution in [2.24, 2.45) is 0 Å². The summed E-state index contributed by atoms with van der Waals surface area (Å²) in [6.45, 7) is 7.14. The van der Waals surface area contributed by atoms with Crippen LogP contribution >= 0.6 is 15.9 Å². The summed E-state index contributed by atoms with van der Waals surface area (Å²) >= 11 is 3.46. The van der Waals surface area contributed by atoms with Gasteiger partial charge < -0.3 is 15.1 Å². The summed E-state index contributed by atoms with van der Waals surface area (Å²) in [6, 6.07) is 5.85. The molecule has 0 aliphatic carbocycles. The molecule has 0 atom stereocenters. The zero-order valence-electron chi connectivity index (χ0n) is 12.4. The maximum absolute atomic E-state index is 12.1. The quantitative estimate of drug-likeness (QED) is 0.827. The standard InChI is InChI=1S/C15H20BrN3O2/c1-11-3-4-14(13(16)9-11)17-15(21)10-18-5-7-19(8-6-18)12(2)20/h3-4,9H,5-8,10H2,1-2H3,(H,17,21)/p+1. The van der Waals surface area contributed by atoms with E-state index >= 15 is 0 Å². The Balaban J connectivity index is 1.84. The van der Waals surface area contributed by atoms with Crippen LogP contribution in [0.1, 0.15) is 12.5 Å². The van der Waals surface area contributed by atoms with Crippen molar-refractivity contribution in [2.75, 3.05) is 38.0 Å². The Morgan fingerprint density at radius 2 is 2.00 bits per heavy atom.